The van der Waals surface area contributed by atoms with Crippen LogP contribution in [0.5, 0.6) is 0 Å². The van der Waals surface area contributed by atoms with Crippen molar-refractivity contribution >= 4 is 66.5 Å². The summed E-state index contributed by atoms with van der Waals surface area (Å²) in [5, 5.41) is 0.511. The van der Waals surface area contributed by atoms with Crippen LogP contribution in [-0.4, -0.2) is 37.7 Å². The summed E-state index contributed by atoms with van der Waals surface area (Å²) in [6.07, 6.45) is 1.10. The topological polar surface area (TPSA) is 94.8 Å². The number of hydrogen-bond acceptors (Lipinski definition) is 6. The van der Waals surface area contributed by atoms with Gasteiger partial charge in [-0.25, -0.2) is 8.42 Å². The van der Waals surface area contributed by atoms with Crippen molar-refractivity contribution in [1.29, 1.82) is 0 Å². The van der Waals surface area contributed by atoms with E-state index < -0.39 is 21.7 Å². The Hall–Kier alpha value is -2.20. The molecule has 158 valence electrons. The van der Waals surface area contributed by atoms with Crippen molar-refractivity contribution in [2.24, 2.45) is 4.99 Å². The zero-order valence-corrected chi connectivity index (χ0v) is 19.0. The molecule has 0 unspecified atom stereocenters. The number of fused-ring (bicyclic) bond motifs is 1. The Balaban J connectivity index is 2.20. The van der Waals surface area contributed by atoms with Gasteiger partial charge in [0.05, 0.1) is 32.3 Å². The highest BCUT2D eigenvalue weighted by atomic mass is 35.5. The Bertz CT molecular complexity index is 1330. The number of rotatable bonds is 5. The van der Waals surface area contributed by atoms with Gasteiger partial charge < -0.3 is 9.30 Å². The third-order valence-corrected chi connectivity index (χ3v) is 6.75. The summed E-state index contributed by atoms with van der Waals surface area (Å²) >= 11 is 13.1. The third-order valence-electron chi connectivity index (χ3n) is 4.03. The van der Waals surface area contributed by atoms with Crippen molar-refractivity contribution < 1.29 is 22.7 Å². The highest BCUT2D eigenvalue weighted by Gasteiger charge is 2.16. The summed E-state index contributed by atoms with van der Waals surface area (Å²) in [7, 11) is -3.43. The van der Waals surface area contributed by atoms with Crippen molar-refractivity contribution in [3.8, 4) is 0 Å². The number of halogens is 2. The second-order valence-corrected chi connectivity index (χ2v) is 10.1. The second kappa shape index (κ2) is 8.89. The lowest BCUT2D eigenvalue weighted by Gasteiger charge is -2.06. The van der Waals surface area contributed by atoms with Gasteiger partial charge in [0, 0.05) is 11.3 Å². The predicted octanol–water partition coefficient (Wildman–Crippen LogP) is 3.72. The molecule has 0 atom stereocenters. The van der Waals surface area contributed by atoms with Crippen LogP contribution in [-0.2, 0) is 25.9 Å². The molecular formula is C19H16Cl2N2O5S2. The van der Waals surface area contributed by atoms with Crippen molar-refractivity contribution in [1.82, 2.24) is 4.57 Å². The van der Waals surface area contributed by atoms with Gasteiger partial charge in [-0.15, -0.1) is 0 Å². The summed E-state index contributed by atoms with van der Waals surface area (Å²) in [5.41, 5.74) is 0.658. The summed E-state index contributed by atoms with van der Waals surface area (Å²) in [4.78, 5) is 29.2. The molecule has 0 aliphatic heterocycles. The number of nitrogens with zero attached hydrogens (tertiary/aromatic N) is 2. The maximum Gasteiger partial charge on any atom is 0.326 e. The minimum Gasteiger partial charge on any atom is -0.465 e. The van der Waals surface area contributed by atoms with Gasteiger partial charge in [-0.2, -0.15) is 4.99 Å². The standard InChI is InChI=1S/C19H16Cl2N2O5S2/c1-3-28-17(24)10-23-15-7-5-12(30(2,26)27)9-16(15)29-19(23)22-18(25)13-8-11(20)4-6-14(13)21/h4-9H,3,10H2,1-2H3. The van der Waals surface area contributed by atoms with Crippen LogP contribution in [0.4, 0.5) is 0 Å². The normalized spacial score (nSPS) is 12.3. The monoisotopic (exact) mass is 486 g/mol. The first-order valence-corrected chi connectivity index (χ1v) is 12.1. The lowest BCUT2D eigenvalue weighted by atomic mass is 10.2. The molecule has 0 fully saturated rings. The average molecular weight is 487 g/mol. The Kier molecular flexibility index (Phi) is 6.66. The molecule has 0 aliphatic rings. The molecule has 0 spiro atoms. The quantitative estimate of drug-likeness (QED) is 0.512. The number of benzene rings is 2. The van der Waals surface area contributed by atoms with Crippen molar-refractivity contribution in [2.45, 2.75) is 18.4 Å². The molecule has 3 aromatic rings. The molecule has 2 aromatic carbocycles. The van der Waals surface area contributed by atoms with Crippen molar-refractivity contribution in [2.75, 3.05) is 12.9 Å². The van der Waals surface area contributed by atoms with Gasteiger partial charge in [-0.3, -0.25) is 9.59 Å². The molecule has 3 rings (SSSR count). The first kappa shape index (κ1) is 22.5. The van der Waals surface area contributed by atoms with Gasteiger partial charge in [-0.05, 0) is 43.3 Å². The second-order valence-electron chi connectivity index (χ2n) is 6.22. The number of ether oxygens (including phenoxy) is 1. The van der Waals surface area contributed by atoms with Gasteiger partial charge >= 0.3 is 5.97 Å². The van der Waals surface area contributed by atoms with Gasteiger partial charge in [0.15, 0.2) is 14.6 Å². The largest absolute Gasteiger partial charge is 0.465 e. The van der Waals surface area contributed by atoms with E-state index in [0.717, 1.165) is 17.6 Å². The van der Waals surface area contributed by atoms with Crippen LogP contribution in [0.1, 0.15) is 17.3 Å². The summed E-state index contributed by atoms with van der Waals surface area (Å²) in [5.74, 6) is -1.16. The smallest absolute Gasteiger partial charge is 0.326 e. The van der Waals surface area contributed by atoms with Gasteiger partial charge in [0.2, 0.25) is 0 Å². The van der Waals surface area contributed by atoms with Crippen LogP contribution in [0.3, 0.4) is 0 Å². The Morgan fingerprint density at radius 3 is 2.57 bits per heavy atom. The maximum absolute atomic E-state index is 12.7. The molecule has 0 bridgehead atoms. The van der Waals surface area contributed by atoms with Crippen LogP contribution in [0, 0.1) is 0 Å². The molecule has 0 N–H and O–H groups in total. The van der Waals surface area contributed by atoms with Gasteiger partial charge in [-0.1, -0.05) is 34.5 Å². The fraction of sp³-hybridized carbons (Fsp3) is 0.211. The zero-order valence-electron chi connectivity index (χ0n) is 15.9. The highest BCUT2D eigenvalue weighted by Crippen LogP contribution is 2.24. The van der Waals surface area contributed by atoms with Gasteiger partial charge in [0.1, 0.15) is 6.54 Å². The van der Waals surface area contributed by atoms with E-state index >= 15 is 0 Å². The van der Waals surface area contributed by atoms with Crippen molar-refractivity contribution in [3.05, 3.63) is 56.8 Å². The molecule has 0 radical (unpaired) electrons. The van der Waals surface area contributed by atoms with Crippen LogP contribution in [0.2, 0.25) is 10.0 Å². The number of esters is 1. The minimum atomic E-state index is -3.43. The number of aromatic nitrogens is 1. The highest BCUT2D eigenvalue weighted by molar-refractivity contribution is 7.90. The van der Waals surface area contributed by atoms with Crippen LogP contribution in [0.15, 0.2) is 46.3 Å². The lowest BCUT2D eigenvalue weighted by Crippen LogP contribution is -2.23. The summed E-state index contributed by atoms with van der Waals surface area (Å²) in [6, 6.07) is 8.92. The molecule has 1 aromatic heterocycles. The van der Waals surface area contributed by atoms with Crippen LogP contribution >= 0.6 is 34.5 Å². The van der Waals surface area contributed by atoms with E-state index in [1.54, 1.807) is 19.1 Å². The number of amides is 1. The van der Waals surface area contributed by atoms with Crippen molar-refractivity contribution in [3.63, 3.8) is 0 Å². The maximum atomic E-state index is 12.7. The Morgan fingerprint density at radius 2 is 1.90 bits per heavy atom. The number of thiazole rings is 1. The zero-order chi connectivity index (χ0) is 22.1. The summed E-state index contributed by atoms with van der Waals surface area (Å²) in [6.45, 7) is 1.69. The first-order valence-electron chi connectivity index (χ1n) is 8.63. The molecule has 7 nitrogen and oxygen atoms in total. The first-order chi connectivity index (χ1) is 14.1. The number of carbonyl (C=O) groups is 2. The fourth-order valence-electron chi connectivity index (χ4n) is 2.67. The van der Waals surface area contributed by atoms with E-state index in [0.29, 0.717) is 15.2 Å². The summed E-state index contributed by atoms with van der Waals surface area (Å²) < 4.78 is 30.8. The molecule has 11 heteroatoms. The molecule has 0 saturated heterocycles. The van der Waals surface area contributed by atoms with Gasteiger partial charge in [0.25, 0.3) is 5.91 Å². The number of hydrogen-bond donors (Lipinski definition) is 0. The molecule has 1 heterocycles. The SMILES string of the molecule is CCOC(=O)Cn1c(=NC(=O)c2cc(Cl)ccc2Cl)sc2cc(S(C)(=O)=O)ccc21. The van der Waals surface area contributed by atoms with E-state index in [4.69, 9.17) is 27.9 Å². The number of sulfone groups is 1. The molecule has 1 amide bonds. The predicted molar refractivity (Wildman–Crippen MR) is 116 cm³/mol. The van der Waals surface area contributed by atoms with E-state index in [1.165, 1.54) is 28.8 Å². The van der Waals surface area contributed by atoms with Crippen LogP contribution in [0.25, 0.3) is 10.2 Å². The fourth-order valence-corrected chi connectivity index (χ4v) is 4.83. The third kappa shape index (κ3) is 4.92. The van der Waals surface area contributed by atoms with Crippen LogP contribution < -0.4 is 4.80 Å². The Morgan fingerprint density at radius 1 is 1.17 bits per heavy atom. The Labute approximate surface area is 186 Å². The number of carbonyl (C=O) groups excluding carboxylic acids is 2. The molecule has 0 saturated carbocycles. The molecule has 0 aliphatic carbocycles. The van der Waals surface area contributed by atoms with E-state index in [2.05, 4.69) is 4.99 Å². The minimum absolute atomic E-state index is 0.112. The van der Waals surface area contributed by atoms with E-state index in [1.807, 2.05) is 0 Å². The lowest BCUT2D eigenvalue weighted by molar-refractivity contribution is -0.143. The van der Waals surface area contributed by atoms with E-state index in [-0.39, 0.29) is 33.4 Å². The molecule has 30 heavy (non-hydrogen) atoms. The average Bonchev–Trinajstić information content (AvgIpc) is 2.99. The van der Waals surface area contributed by atoms with E-state index in [9.17, 15) is 18.0 Å². The molecular weight excluding hydrogens is 471 g/mol.